The Hall–Kier alpha value is -3.34. The van der Waals surface area contributed by atoms with Gasteiger partial charge in [0.1, 0.15) is 5.69 Å². The first kappa shape index (κ1) is 17.5. The lowest BCUT2D eigenvalue weighted by atomic mass is 9.97. The fourth-order valence-electron chi connectivity index (χ4n) is 3.07. The minimum Gasteiger partial charge on any atom is -0.481 e. The third-order valence-electron chi connectivity index (χ3n) is 4.30. The second-order valence-electron chi connectivity index (χ2n) is 6.00. The predicted octanol–water partition coefficient (Wildman–Crippen LogP) is 4.07. The van der Waals surface area contributed by atoms with E-state index in [0.29, 0.717) is 11.3 Å². The Balaban J connectivity index is 2.12. The first-order valence-electron chi connectivity index (χ1n) is 8.18. The molecule has 0 amide bonds. The van der Waals surface area contributed by atoms with Crippen LogP contribution in [-0.2, 0) is 16.0 Å². The van der Waals surface area contributed by atoms with E-state index < -0.39 is 11.9 Å². The van der Waals surface area contributed by atoms with Crippen molar-refractivity contribution >= 4 is 11.9 Å². The van der Waals surface area contributed by atoms with Gasteiger partial charge in [0.05, 0.1) is 13.5 Å². The fourth-order valence-corrected chi connectivity index (χ4v) is 3.07. The van der Waals surface area contributed by atoms with E-state index in [2.05, 4.69) is 4.98 Å². The number of ether oxygens (including phenoxy) is 1. The molecule has 0 saturated heterocycles. The highest BCUT2D eigenvalue weighted by Crippen LogP contribution is 2.35. The van der Waals surface area contributed by atoms with E-state index in [-0.39, 0.29) is 6.42 Å². The lowest BCUT2D eigenvalue weighted by Crippen LogP contribution is -2.04. The molecule has 1 aromatic heterocycles. The molecular weight excluding hydrogens is 330 g/mol. The van der Waals surface area contributed by atoms with Crippen LogP contribution >= 0.6 is 0 Å². The van der Waals surface area contributed by atoms with E-state index in [1.54, 1.807) is 12.1 Å². The normalized spacial score (nSPS) is 10.5. The van der Waals surface area contributed by atoms with Crippen molar-refractivity contribution in [3.8, 4) is 22.4 Å². The molecule has 3 rings (SSSR count). The molecule has 0 aliphatic heterocycles. The Bertz CT molecular complexity index is 940. The van der Waals surface area contributed by atoms with Crippen LogP contribution < -0.4 is 0 Å². The zero-order chi connectivity index (χ0) is 18.7. The summed E-state index contributed by atoms with van der Waals surface area (Å²) in [5.41, 5.74) is 5.45. The molecule has 0 spiro atoms. The number of benzene rings is 2. The number of carbonyl (C=O) groups is 2. The number of rotatable bonds is 5. The molecule has 0 fully saturated rings. The van der Waals surface area contributed by atoms with Gasteiger partial charge in [-0.15, -0.1) is 0 Å². The second-order valence-corrected chi connectivity index (χ2v) is 6.00. The highest BCUT2D eigenvalue weighted by molar-refractivity contribution is 5.99. The average Bonchev–Trinajstić information content (AvgIpc) is 2.99. The number of aromatic amines is 1. The second kappa shape index (κ2) is 7.27. The van der Waals surface area contributed by atoms with Crippen molar-refractivity contribution in [1.82, 2.24) is 4.98 Å². The number of aromatic nitrogens is 1. The van der Waals surface area contributed by atoms with Crippen molar-refractivity contribution in [3.05, 3.63) is 71.4 Å². The molecule has 132 valence electrons. The van der Waals surface area contributed by atoms with E-state index in [1.807, 2.05) is 49.4 Å². The summed E-state index contributed by atoms with van der Waals surface area (Å²) in [6, 6.07) is 16.9. The van der Waals surface area contributed by atoms with Crippen molar-refractivity contribution < 1.29 is 19.4 Å². The van der Waals surface area contributed by atoms with E-state index >= 15 is 0 Å². The molecule has 1 heterocycles. The van der Waals surface area contributed by atoms with E-state index in [0.717, 1.165) is 27.9 Å². The number of nitrogens with one attached hydrogen (secondary N) is 1. The molecule has 0 atom stereocenters. The summed E-state index contributed by atoms with van der Waals surface area (Å²) in [4.78, 5) is 26.3. The lowest BCUT2D eigenvalue weighted by molar-refractivity contribution is -0.136. The van der Waals surface area contributed by atoms with E-state index in [9.17, 15) is 9.59 Å². The first-order chi connectivity index (χ1) is 12.5. The van der Waals surface area contributed by atoms with Crippen molar-refractivity contribution in [2.75, 3.05) is 7.11 Å². The summed E-state index contributed by atoms with van der Waals surface area (Å²) >= 11 is 0. The topological polar surface area (TPSA) is 79.4 Å². The van der Waals surface area contributed by atoms with Gasteiger partial charge in [-0.1, -0.05) is 54.6 Å². The summed E-state index contributed by atoms with van der Waals surface area (Å²) < 4.78 is 4.93. The van der Waals surface area contributed by atoms with Crippen LogP contribution in [0.2, 0.25) is 0 Å². The molecule has 5 heteroatoms. The molecule has 0 saturated carbocycles. The molecule has 0 aliphatic carbocycles. The highest BCUT2D eigenvalue weighted by Gasteiger charge is 2.22. The zero-order valence-electron chi connectivity index (χ0n) is 14.6. The van der Waals surface area contributed by atoms with Gasteiger partial charge in [-0.25, -0.2) is 4.79 Å². The summed E-state index contributed by atoms with van der Waals surface area (Å²) in [5, 5.41) is 8.91. The van der Waals surface area contributed by atoms with Crippen LogP contribution in [0.25, 0.3) is 22.4 Å². The fraction of sp³-hybridized carbons (Fsp3) is 0.143. The molecule has 0 radical (unpaired) electrons. The lowest BCUT2D eigenvalue weighted by Gasteiger charge is -2.06. The molecule has 5 nitrogen and oxygen atoms in total. The number of hydrogen-bond donors (Lipinski definition) is 2. The van der Waals surface area contributed by atoms with Gasteiger partial charge in [0.2, 0.25) is 0 Å². The number of carboxylic acid groups (broad SMARTS) is 1. The zero-order valence-corrected chi connectivity index (χ0v) is 14.6. The molecule has 3 aromatic rings. The van der Waals surface area contributed by atoms with Crippen LogP contribution in [0.1, 0.15) is 21.6 Å². The van der Waals surface area contributed by atoms with Crippen LogP contribution in [0.3, 0.4) is 0 Å². The minimum absolute atomic E-state index is 0.0362. The quantitative estimate of drug-likeness (QED) is 0.681. The monoisotopic (exact) mass is 349 g/mol. The Morgan fingerprint density at radius 1 is 1.00 bits per heavy atom. The van der Waals surface area contributed by atoms with Crippen molar-refractivity contribution in [1.29, 1.82) is 0 Å². The number of carboxylic acids is 1. The maximum Gasteiger partial charge on any atom is 0.355 e. The predicted molar refractivity (Wildman–Crippen MR) is 99.1 cm³/mol. The summed E-state index contributed by atoms with van der Waals surface area (Å²) in [6.07, 6.45) is -0.0362. The summed E-state index contributed by atoms with van der Waals surface area (Å²) in [5.74, 6) is -1.32. The highest BCUT2D eigenvalue weighted by atomic mass is 16.5. The molecule has 0 unspecified atom stereocenters. The van der Waals surface area contributed by atoms with E-state index in [1.165, 1.54) is 7.11 Å². The van der Waals surface area contributed by atoms with Gasteiger partial charge in [-0.3, -0.25) is 4.79 Å². The largest absolute Gasteiger partial charge is 0.481 e. The maximum atomic E-state index is 12.3. The van der Waals surface area contributed by atoms with Crippen LogP contribution in [-0.4, -0.2) is 29.1 Å². The SMILES string of the molecule is COC(=O)c1[nH]c(-c2ccccc2)c(C)c1-c1ccc(CC(=O)O)cc1. The van der Waals surface area contributed by atoms with Crippen molar-refractivity contribution in [2.45, 2.75) is 13.3 Å². The third kappa shape index (κ3) is 3.37. The maximum absolute atomic E-state index is 12.3. The summed E-state index contributed by atoms with van der Waals surface area (Å²) in [6.45, 7) is 1.95. The van der Waals surface area contributed by atoms with Crippen molar-refractivity contribution in [2.24, 2.45) is 0 Å². The van der Waals surface area contributed by atoms with Gasteiger partial charge in [-0.2, -0.15) is 0 Å². The molecule has 2 aromatic carbocycles. The standard InChI is InChI=1S/C21H19NO4/c1-13-18(15-10-8-14(9-11-15)12-17(23)24)20(21(25)26-2)22-19(13)16-6-4-3-5-7-16/h3-11,22H,12H2,1-2H3,(H,23,24). The smallest absolute Gasteiger partial charge is 0.355 e. The van der Waals surface area contributed by atoms with Gasteiger partial charge < -0.3 is 14.8 Å². The minimum atomic E-state index is -0.878. The average molecular weight is 349 g/mol. The van der Waals surface area contributed by atoms with Crippen LogP contribution in [0.4, 0.5) is 0 Å². The third-order valence-corrected chi connectivity index (χ3v) is 4.30. The van der Waals surface area contributed by atoms with Gasteiger partial charge >= 0.3 is 11.9 Å². The molecule has 2 N–H and O–H groups in total. The molecule has 0 aliphatic rings. The number of esters is 1. The summed E-state index contributed by atoms with van der Waals surface area (Å²) in [7, 11) is 1.35. The number of aliphatic carboxylic acids is 1. The molecule has 0 bridgehead atoms. The Kier molecular flexibility index (Phi) is 4.89. The Morgan fingerprint density at radius 2 is 1.65 bits per heavy atom. The van der Waals surface area contributed by atoms with Gasteiger partial charge in [0.15, 0.2) is 0 Å². The molecule has 26 heavy (non-hydrogen) atoms. The van der Waals surface area contributed by atoms with Crippen molar-refractivity contribution in [3.63, 3.8) is 0 Å². The van der Waals surface area contributed by atoms with Crippen LogP contribution in [0, 0.1) is 6.92 Å². The Morgan fingerprint density at radius 3 is 2.23 bits per heavy atom. The van der Waals surface area contributed by atoms with Gasteiger partial charge in [0.25, 0.3) is 0 Å². The number of hydrogen-bond acceptors (Lipinski definition) is 3. The number of H-pyrrole nitrogens is 1. The first-order valence-corrected chi connectivity index (χ1v) is 8.18. The Labute approximate surface area is 151 Å². The number of carbonyl (C=O) groups excluding carboxylic acids is 1. The van der Waals surface area contributed by atoms with Gasteiger partial charge in [0, 0.05) is 11.3 Å². The van der Waals surface area contributed by atoms with E-state index in [4.69, 9.17) is 9.84 Å². The molecular formula is C21H19NO4. The number of methoxy groups -OCH3 is 1. The van der Waals surface area contributed by atoms with Gasteiger partial charge in [-0.05, 0) is 29.2 Å². The van der Waals surface area contributed by atoms with Crippen LogP contribution in [0.15, 0.2) is 54.6 Å². The van der Waals surface area contributed by atoms with Crippen LogP contribution in [0.5, 0.6) is 0 Å².